The van der Waals surface area contributed by atoms with Crippen molar-refractivity contribution in [2.75, 3.05) is 25.6 Å². The highest BCUT2D eigenvalue weighted by atomic mass is 16.6. The smallest absolute Gasteiger partial charge is 0.273 e. The lowest BCUT2D eigenvalue weighted by molar-refractivity contribution is -0.384. The minimum Gasteiger partial charge on any atom is -0.494 e. The number of nitrogens with zero attached hydrogens (tertiary/aromatic N) is 1. The van der Waals surface area contributed by atoms with Gasteiger partial charge in [-0.15, -0.1) is 0 Å². The van der Waals surface area contributed by atoms with Crippen molar-refractivity contribution in [1.82, 2.24) is 0 Å². The first kappa shape index (κ1) is 15.2. The lowest BCUT2D eigenvalue weighted by Gasteiger charge is -2.11. The van der Waals surface area contributed by atoms with E-state index in [-0.39, 0.29) is 11.8 Å². The lowest BCUT2D eigenvalue weighted by Crippen LogP contribution is -2.09. The second-order valence-corrected chi connectivity index (χ2v) is 4.34. The molecule has 0 saturated carbocycles. The van der Waals surface area contributed by atoms with Crippen molar-refractivity contribution in [1.29, 1.82) is 0 Å². The summed E-state index contributed by atoms with van der Waals surface area (Å²) in [6.07, 6.45) is 1.09. The highest BCUT2D eigenvalue weighted by molar-refractivity contribution is 5.60. The maximum Gasteiger partial charge on any atom is 0.273 e. The Hall–Kier alpha value is -1.82. The molecule has 0 radical (unpaired) electrons. The molecule has 0 saturated heterocycles. The summed E-state index contributed by atoms with van der Waals surface area (Å²) < 4.78 is 10.6. The molecule has 19 heavy (non-hydrogen) atoms. The van der Waals surface area contributed by atoms with Crippen LogP contribution in [0, 0.1) is 10.1 Å². The van der Waals surface area contributed by atoms with Gasteiger partial charge in [0.25, 0.3) is 5.69 Å². The van der Waals surface area contributed by atoms with Crippen LogP contribution in [-0.2, 0) is 4.74 Å². The summed E-state index contributed by atoms with van der Waals surface area (Å²) in [6, 6.07) is 4.52. The first-order chi connectivity index (χ1) is 9.04. The fourth-order valence-electron chi connectivity index (χ4n) is 1.55. The Bertz CT molecular complexity index is 421. The molecule has 1 rings (SSSR count). The highest BCUT2D eigenvalue weighted by Gasteiger charge is 2.10. The zero-order valence-electron chi connectivity index (χ0n) is 11.5. The largest absolute Gasteiger partial charge is 0.494 e. The average Bonchev–Trinajstić information content (AvgIpc) is 2.37. The van der Waals surface area contributed by atoms with Crippen molar-refractivity contribution in [2.45, 2.75) is 26.4 Å². The molecule has 0 bridgehead atoms. The third kappa shape index (κ3) is 5.13. The summed E-state index contributed by atoms with van der Waals surface area (Å²) in [5, 5.41) is 13.8. The van der Waals surface area contributed by atoms with E-state index in [9.17, 15) is 10.1 Å². The Labute approximate surface area is 112 Å². The van der Waals surface area contributed by atoms with Gasteiger partial charge in [-0.05, 0) is 26.3 Å². The molecule has 0 unspecified atom stereocenters. The van der Waals surface area contributed by atoms with Gasteiger partial charge in [-0.3, -0.25) is 10.1 Å². The van der Waals surface area contributed by atoms with Crippen molar-refractivity contribution >= 4 is 11.4 Å². The summed E-state index contributed by atoms with van der Waals surface area (Å²) in [6.45, 7) is 5.39. The third-order valence-corrected chi connectivity index (χ3v) is 2.48. The third-order valence-electron chi connectivity index (χ3n) is 2.48. The molecule has 0 amide bonds. The van der Waals surface area contributed by atoms with Crippen molar-refractivity contribution in [2.24, 2.45) is 0 Å². The fourth-order valence-corrected chi connectivity index (χ4v) is 1.55. The van der Waals surface area contributed by atoms with E-state index in [4.69, 9.17) is 9.47 Å². The molecule has 0 aliphatic rings. The number of ether oxygens (including phenoxy) is 2. The average molecular weight is 268 g/mol. The lowest BCUT2D eigenvalue weighted by atomic mass is 10.2. The van der Waals surface area contributed by atoms with Crippen LogP contribution in [0.4, 0.5) is 11.4 Å². The zero-order valence-corrected chi connectivity index (χ0v) is 11.5. The molecular formula is C13H20N2O4. The Morgan fingerprint density at radius 1 is 1.42 bits per heavy atom. The second kappa shape index (κ2) is 7.58. The quantitative estimate of drug-likeness (QED) is 0.446. The molecule has 106 valence electrons. The molecule has 1 aromatic carbocycles. The van der Waals surface area contributed by atoms with Crippen LogP contribution in [-0.4, -0.2) is 31.3 Å². The van der Waals surface area contributed by atoms with Crippen LogP contribution in [0.5, 0.6) is 5.75 Å². The number of nitro benzene ring substituents is 1. The van der Waals surface area contributed by atoms with Crippen LogP contribution in [0.25, 0.3) is 0 Å². The number of benzene rings is 1. The Morgan fingerprint density at radius 2 is 2.16 bits per heavy atom. The highest BCUT2D eigenvalue weighted by Crippen LogP contribution is 2.28. The first-order valence-electron chi connectivity index (χ1n) is 6.22. The maximum atomic E-state index is 10.7. The summed E-state index contributed by atoms with van der Waals surface area (Å²) in [7, 11) is 1.49. The van der Waals surface area contributed by atoms with Gasteiger partial charge in [0.15, 0.2) is 0 Å². The molecule has 1 N–H and O–H groups in total. The number of methoxy groups -OCH3 is 1. The Kier molecular flexibility index (Phi) is 6.08. The minimum absolute atomic E-state index is 0.0190. The van der Waals surface area contributed by atoms with Crippen LogP contribution < -0.4 is 10.1 Å². The van der Waals surface area contributed by atoms with Gasteiger partial charge in [0, 0.05) is 19.2 Å². The standard InChI is InChI=1S/C13H20N2O4/c1-10(2)19-8-4-7-14-12-6-5-11(15(16)17)9-13(12)18-3/h5-6,9-10,14H,4,7-8H2,1-3H3. The van der Waals surface area contributed by atoms with E-state index >= 15 is 0 Å². The Morgan fingerprint density at radius 3 is 2.74 bits per heavy atom. The van der Waals surface area contributed by atoms with Gasteiger partial charge in [0.2, 0.25) is 0 Å². The van der Waals surface area contributed by atoms with Gasteiger partial charge >= 0.3 is 0 Å². The van der Waals surface area contributed by atoms with Gasteiger partial charge in [0.05, 0.1) is 29.9 Å². The number of nitro groups is 1. The van der Waals surface area contributed by atoms with Crippen molar-refractivity contribution in [3.05, 3.63) is 28.3 Å². The van der Waals surface area contributed by atoms with Gasteiger partial charge in [0.1, 0.15) is 5.75 Å². The number of rotatable bonds is 8. The summed E-state index contributed by atoms with van der Waals surface area (Å²) >= 11 is 0. The topological polar surface area (TPSA) is 73.6 Å². The molecule has 1 aromatic rings. The van der Waals surface area contributed by atoms with Crippen LogP contribution in [0.3, 0.4) is 0 Å². The van der Waals surface area contributed by atoms with E-state index in [0.29, 0.717) is 12.4 Å². The first-order valence-corrected chi connectivity index (χ1v) is 6.22. The molecule has 0 heterocycles. The fraction of sp³-hybridized carbons (Fsp3) is 0.538. The van der Waals surface area contributed by atoms with E-state index in [0.717, 1.165) is 18.7 Å². The second-order valence-electron chi connectivity index (χ2n) is 4.34. The van der Waals surface area contributed by atoms with E-state index in [1.165, 1.54) is 19.2 Å². The molecular weight excluding hydrogens is 248 g/mol. The summed E-state index contributed by atoms with van der Waals surface area (Å²) in [4.78, 5) is 10.2. The molecule has 6 nitrogen and oxygen atoms in total. The van der Waals surface area contributed by atoms with Crippen LogP contribution in [0.1, 0.15) is 20.3 Å². The van der Waals surface area contributed by atoms with E-state index in [1.807, 2.05) is 13.8 Å². The molecule has 0 spiro atoms. The minimum atomic E-state index is -0.442. The van der Waals surface area contributed by atoms with E-state index in [1.54, 1.807) is 6.07 Å². The molecule has 0 aromatic heterocycles. The number of hydrogen-bond donors (Lipinski definition) is 1. The monoisotopic (exact) mass is 268 g/mol. The number of hydrogen-bond acceptors (Lipinski definition) is 5. The van der Waals surface area contributed by atoms with E-state index < -0.39 is 4.92 Å². The van der Waals surface area contributed by atoms with Gasteiger partial charge in [-0.2, -0.15) is 0 Å². The van der Waals surface area contributed by atoms with Crippen molar-refractivity contribution < 1.29 is 14.4 Å². The summed E-state index contributed by atoms with van der Waals surface area (Å²) in [5.74, 6) is 0.471. The number of anilines is 1. The molecule has 0 aliphatic heterocycles. The van der Waals surface area contributed by atoms with Gasteiger partial charge < -0.3 is 14.8 Å². The Balaban J connectivity index is 2.51. The molecule has 0 fully saturated rings. The predicted octanol–water partition coefficient (Wildman–Crippen LogP) is 2.83. The maximum absolute atomic E-state index is 10.7. The van der Waals surface area contributed by atoms with Crippen LogP contribution in [0.15, 0.2) is 18.2 Å². The van der Waals surface area contributed by atoms with Crippen LogP contribution >= 0.6 is 0 Å². The van der Waals surface area contributed by atoms with Crippen molar-refractivity contribution in [3.63, 3.8) is 0 Å². The van der Waals surface area contributed by atoms with Crippen LogP contribution in [0.2, 0.25) is 0 Å². The van der Waals surface area contributed by atoms with E-state index in [2.05, 4.69) is 5.32 Å². The predicted molar refractivity (Wildman–Crippen MR) is 73.8 cm³/mol. The van der Waals surface area contributed by atoms with Crippen molar-refractivity contribution in [3.8, 4) is 5.75 Å². The van der Waals surface area contributed by atoms with Gasteiger partial charge in [-0.1, -0.05) is 0 Å². The van der Waals surface area contributed by atoms with Gasteiger partial charge in [-0.25, -0.2) is 0 Å². The normalized spacial score (nSPS) is 10.5. The molecule has 0 aliphatic carbocycles. The number of non-ortho nitro benzene ring substituents is 1. The zero-order chi connectivity index (χ0) is 14.3. The summed E-state index contributed by atoms with van der Waals surface area (Å²) in [5.41, 5.74) is 0.767. The molecule has 6 heteroatoms. The SMILES string of the molecule is COc1cc([N+](=O)[O-])ccc1NCCCOC(C)C. The number of nitrogens with one attached hydrogen (secondary N) is 1. The molecule has 0 atom stereocenters.